The van der Waals surface area contributed by atoms with Crippen molar-refractivity contribution in [2.75, 3.05) is 0 Å². The highest BCUT2D eigenvalue weighted by molar-refractivity contribution is 5.95. The van der Waals surface area contributed by atoms with Crippen LogP contribution in [0.4, 0.5) is 0 Å². The number of ketones is 1. The molecule has 0 aromatic rings. The molecule has 0 spiro atoms. The monoisotopic (exact) mass is 129 g/mol. The Morgan fingerprint density at radius 3 is 2.00 bits per heavy atom. The number of rotatable bonds is 3. The van der Waals surface area contributed by atoms with Crippen LogP contribution in [0.25, 0.3) is 0 Å². The van der Waals surface area contributed by atoms with Crippen molar-refractivity contribution in [1.82, 2.24) is 0 Å². The summed E-state index contributed by atoms with van der Waals surface area (Å²) in [6, 6.07) is 0. The van der Waals surface area contributed by atoms with Gasteiger partial charge in [0, 0.05) is 0 Å². The summed E-state index contributed by atoms with van der Waals surface area (Å²) in [5, 5.41) is 10.0. The smallest absolute Gasteiger partial charge is 0.138 e. The van der Waals surface area contributed by atoms with Crippen molar-refractivity contribution in [3.05, 3.63) is 0 Å². The summed E-state index contributed by atoms with van der Waals surface area (Å²) >= 11 is 0. The first-order chi connectivity index (χ1) is 4.09. The van der Waals surface area contributed by atoms with Gasteiger partial charge in [0.15, 0.2) is 0 Å². The van der Waals surface area contributed by atoms with Gasteiger partial charge in [0.1, 0.15) is 5.78 Å². The normalized spacial score (nSPS) is 12.7. The molecule has 0 radical (unpaired) electrons. The quantitative estimate of drug-likeness (QED) is 0.476. The van der Waals surface area contributed by atoms with Crippen LogP contribution in [0.2, 0.25) is 0 Å². The number of carbonyl (C=O) groups excluding carboxylic acids is 2. The summed E-state index contributed by atoms with van der Waals surface area (Å²) in [4.78, 5) is 20.4. The number of carboxylic acid groups (broad SMARTS) is 1. The zero-order chi connectivity index (χ0) is 7.44. The number of aliphatic carboxylic acids is 1. The maximum atomic E-state index is 10.4. The van der Waals surface area contributed by atoms with Crippen molar-refractivity contribution in [3.8, 4) is 0 Å². The zero-order valence-corrected chi connectivity index (χ0v) is 5.51. The summed E-state index contributed by atoms with van der Waals surface area (Å²) in [5.74, 6) is -2.52. The summed E-state index contributed by atoms with van der Waals surface area (Å²) in [5.41, 5.74) is 0. The molecule has 0 fully saturated rings. The molecule has 0 aromatic carbocycles. The maximum absolute atomic E-state index is 10.4. The SMILES string of the molecule is CC[C@H](C(C)=O)C(=O)[O-]. The Kier molecular flexibility index (Phi) is 2.91. The molecule has 3 heteroatoms. The van der Waals surface area contributed by atoms with Crippen molar-refractivity contribution >= 4 is 11.8 Å². The summed E-state index contributed by atoms with van der Waals surface area (Å²) in [6.45, 7) is 2.89. The fourth-order valence-electron chi connectivity index (χ4n) is 0.620. The lowest BCUT2D eigenvalue weighted by Crippen LogP contribution is -2.34. The fourth-order valence-corrected chi connectivity index (χ4v) is 0.620. The second kappa shape index (κ2) is 3.22. The molecular formula is C6H9O3-. The van der Waals surface area contributed by atoms with E-state index in [0.717, 1.165) is 0 Å². The lowest BCUT2D eigenvalue weighted by atomic mass is 10.0. The number of carbonyl (C=O) groups is 2. The van der Waals surface area contributed by atoms with Gasteiger partial charge < -0.3 is 9.90 Å². The Bertz CT molecular complexity index is 114. The third kappa shape index (κ3) is 2.26. The van der Waals surface area contributed by atoms with Gasteiger partial charge in [0.05, 0.1) is 11.9 Å². The number of carboxylic acids is 1. The van der Waals surface area contributed by atoms with Crippen molar-refractivity contribution < 1.29 is 14.7 Å². The van der Waals surface area contributed by atoms with Crippen LogP contribution < -0.4 is 5.11 Å². The van der Waals surface area contributed by atoms with E-state index in [9.17, 15) is 14.7 Å². The number of hydrogen-bond donors (Lipinski definition) is 0. The standard InChI is InChI=1S/C6H10O3/c1-3-5(4(2)7)6(8)9/h5H,3H2,1-2H3,(H,8,9)/p-1/t5-/m1/s1. The molecule has 0 heterocycles. The van der Waals surface area contributed by atoms with Gasteiger partial charge in [-0.1, -0.05) is 6.92 Å². The Balaban J connectivity index is 3.99. The van der Waals surface area contributed by atoms with Crippen LogP contribution in [-0.4, -0.2) is 11.8 Å². The summed E-state index contributed by atoms with van der Waals surface area (Å²) in [6.07, 6.45) is 0.317. The predicted molar refractivity (Wildman–Crippen MR) is 29.5 cm³/mol. The fraction of sp³-hybridized carbons (Fsp3) is 0.667. The van der Waals surface area contributed by atoms with Crippen LogP contribution >= 0.6 is 0 Å². The Hall–Kier alpha value is -0.860. The van der Waals surface area contributed by atoms with Gasteiger partial charge in [-0.25, -0.2) is 0 Å². The van der Waals surface area contributed by atoms with Crippen LogP contribution in [0.1, 0.15) is 20.3 Å². The number of hydrogen-bond acceptors (Lipinski definition) is 3. The van der Waals surface area contributed by atoms with Gasteiger partial charge in [-0.2, -0.15) is 0 Å². The van der Waals surface area contributed by atoms with E-state index in [1.165, 1.54) is 6.92 Å². The summed E-state index contributed by atoms with van der Waals surface area (Å²) < 4.78 is 0. The first kappa shape index (κ1) is 8.14. The highest BCUT2D eigenvalue weighted by atomic mass is 16.4. The van der Waals surface area contributed by atoms with Crippen molar-refractivity contribution in [2.45, 2.75) is 20.3 Å². The van der Waals surface area contributed by atoms with Crippen LogP contribution in [0.5, 0.6) is 0 Å². The molecule has 0 N–H and O–H groups in total. The average molecular weight is 129 g/mol. The Morgan fingerprint density at radius 1 is 1.56 bits per heavy atom. The predicted octanol–water partition coefficient (Wildman–Crippen LogP) is -0.649. The molecule has 0 aliphatic heterocycles. The van der Waals surface area contributed by atoms with Crippen LogP contribution in [0.15, 0.2) is 0 Å². The molecule has 0 unspecified atom stereocenters. The summed E-state index contributed by atoms with van der Waals surface area (Å²) in [7, 11) is 0. The van der Waals surface area contributed by atoms with Crippen molar-refractivity contribution in [1.29, 1.82) is 0 Å². The molecule has 1 atom stereocenters. The molecular weight excluding hydrogens is 120 g/mol. The van der Waals surface area contributed by atoms with E-state index >= 15 is 0 Å². The van der Waals surface area contributed by atoms with Crippen LogP contribution in [0, 0.1) is 5.92 Å². The highest BCUT2D eigenvalue weighted by Gasteiger charge is 2.11. The molecule has 9 heavy (non-hydrogen) atoms. The lowest BCUT2D eigenvalue weighted by Gasteiger charge is -2.10. The highest BCUT2D eigenvalue weighted by Crippen LogP contribution is 2.00. The van der Waals surface area contributed by atoms with Gasteiger partial charge >= 0.3 is 0 Å². The van der Waals surface area contributed by atoms with Gasteiger partial charge in [-0.05, 0) is 13.3 Å². The van der Waals surface area contributed by atoms with Crippen LogP contribution in [-0.2, 0) is 9.59 Å². The first-order valence-corrected chi connectivity index (χ1v) is 2.81. The zero-order valence-electron chi connectivity index (χ0n) is 5.51. The van der Waals surface area contributed by atoms with E-state index in [1.807, 2.05) is 0 Å². The van der Waals surface area contributed by atoms with E-state index < -0.39 is 11.9 Å². The molecule has 0 aromatic heterocycles. The molecule has 0 aliphatic carbocycles. The second-order valence-corrected chi connectivity index (χ2v) is 1.89. The molecule has 0 amide bonds. The third-order valence-electron chi connectivity index (χ3n) is 1.18. The van der Waals surface area contributed by atoms with Crippen molar-refractivity contribution in [2.24, 2.45) is 5.92 Å². The van der Waals surface area contributed by atoms with E-state index in [4.69, 9.17) is 0 Å². The van der Waals surface area contributed by atoms with Gasteiger partial charge in [0.2, 0.25) is 0 Å². The molecule has 0 bridgehead atoms. The molecule has 3 nitrogen and oxygen atoms in total. The van der Waals surface area contributed by atoms with E-state index in [2.05, 4.69) is 0 Å². The second-order valence-electron chi connectivity index (χ2n) is 1.89. The molecule has 52 valence electrons. The minimum Gasteiger partial charge on any atom is -0.549 e. The van der Waals surface area contributed by atoms with Gasteiger partial charge in [-0.15, -0.1) is 0 Å². The topological polar surface area (TPSA) is 57.2 Å². The average Bonchev–Trinajstić information content (AvgIpc) is 1.64. The van der Waals surface area contributed by atoms with E-state index in [0.29, 0.717) is 6.42 Å². The maximum Gasteiger partial charge on any atom is 0.138 e. The third-order valence-corrected chi connectivity index (χ3v) is 1.18. The van der Waals surface area contributed by atoms with Gasteiger partial charge in [-0.3, -0.25) is 4.79 Å². The lowest BCUT2D eigenvalue weighted by molar-refractivity contribution is -0.309. The molecule has 0 saturated heterocycles. The van der Waals surface area contributed by atoms with Crippen LogP contribution in [0.3, 0.4) is 0 Å². The van der Waals surface area contributed by atoms with E-state index in [-0.39, 0.29) is 5.78 Å². The number of Topliss-reactive ketones (excluding diaryl/α,β-unsaturated/α-hetero) is 1. The largest absolute Gasteiger partial charge is 0.549 e. The minimum absolute atomic E-state index is 0.317. The molecule has 0 rings (SSSR count). The van der Waals surface area contributed by atoms with Crippen molar-refractivity contribution in [3.63, 3.8) is 0 Å². The Morgan fingerprint density at radius 2 is 2.00 bits per heavy atom. The minimum atomic E-state index is -1.27. The van der Waals surface area contributed by atoms with E-state index in [1.54, 1.807) is 6.92 Å². The molecule has 0 saturated carbocycles. The Labute approximate surface area is 53.7 Å². The first-order valence-electron chi connectivity index (χ1n) is 2.81. The van der Waals surface area contributed by atoms with Gasteiger partial charge in [0.25, 0.3) is 0 Å². The molecule has 0 aliphatic rings.